The van der Waals surface area contributed by atoms with Crippen LogP contribution in [0.1, 0.15) is 51.6 Å². The van der Waals surface area contributed by atoms with Crippen LogP contribution in [0.5, 0.6) is 0 Å². The van der Waals surface area contributed by atoms with Crippen LogP contribution in [0.2, 0.25) is 0 Å². The predicted octanol–water partition coefficient (Wildman–Crippen LogP) is 3.36. The molecule has 3 amide bonds. The van der Waals surface area contributed by atoms with Crippen molar-refractivity contribution < 1.29 is 9.59 Å². The van der Waals surface area contributed by atoms with Crippen molar-refractivity contribution >= 4 is 11.9 Å². The minimum Gasteiger partial charge on any atom is -0.341 e. The number of nitrogens with one attached hydrogen (secondary N) is 1. The average Bonchev–Trinajstić information content (AvgIpc) is 2.74. The van der Waals surface area contributed by atoms with Crippen LogP contribution in [0, 0.1) is 11.8 Å². The van der Waals surface area contributed by atoms with Gasteiger partial charge < -0.3 is 15.1 Å². The molecule has 0 bridgehead atoms. The highest BCUT2D eigenvalue weighted by Gasteiger charge is 2.28. The van der Waals surface area contributed by atoms with E-state index in [4.69, 9.17) is 0 Å². The van der Waals surface area contributed by atoms with Crippen molar-refractivity contribution in [2.75, 3.05) is 45.8 Å². The van der Waals surface area contributed by atoms with E-state index in [2.05, 4.69) is 43.1 Å². The first kappa shape index (κ1) is 22.6. The van der Waals surface area contributed by atoms with E-state index in [0.717, 1.165) is 44.6 Å². The number of likely N-dealkylation sites (tertiary alicyclic amines) is 1. The van der Waals surface area contributed by atoms with Crippen molar-refractivity contribution in [2.45, 2.75) is 46.1 Å². The van der Waals surface area contributed by atoms with Gasteiger partial charge in [-0.25, -0.2) is 4.79 Å². The molecule has 0 spiro atoms. The maximum Gasteiger partial charge on any atom is 0.317 e. The summed E-state index contributed by atoms with van der Waals surface area (Å²) in [6.45, 7) is 11.7. The Morgan fingerprint density at radius 1 is 1.00 bits per heavy atom. The molecular weight excluding hydrogens is 376 g/mol. The standard InChI is InChI=1S/C24H38N4O2/c1-4-8-22(21-9-6-5-7-10-21)25-24(30)27-13-11-26(12-14-27)18-23(29)28-16-19(2)15-20(3)17-28/h5-7,9-10,19-20,22H,4,8,11-18H2,1-3H3,(H,25,30). The summed E-state index contributed by atoms with van der Waals surface area (Å²) >= 11 is 0. The molecule has 0 aliphatic carbocycles. The Bertz CT molecular complexity index is 678. The number of hydrogen-bond acceptors (Lipinski definition) is 3. The number of carbonyl (C=O) groups excluding carboxylic acids is 2. The van der Waals surface area contributed by atoms with E-state index in [9.17, 15) is 9.59 Å². The highest BCUT2D eigenvalue weighted by atomic mass is 16.2. The Morgan fingerprint density at radius 2 is 1.63 bits per heavy atom. The van der Waals surface area contributed by atoms with Gasteiger partial charge in [0.2, 0.25) is 5.91 Å². The predicted molar refractivity (Wildman–Crippen MR) is 120 cm³/mol. The van der Waals surface area contributed by atoms with Gasteiger partial charge in [-0.05, 0) is 30.2 Å². The maximum atomic E-state index is 12.8. The number of nitrogens with zero attached hydrogens (tertiary/aromatic N) is 3. The molecule has 166 valence electrons. The lowest BCUT2D eigenvalue weighted by atomic mass is 9.92. The summed E-state index contributed by atoms with van der Waals surface area (Å²) in [6.07, 6.45) is 3.15. The van der Waals surface area contributed by atoms with E-state index in [0.29, 0.717) is 31.5 Å². The molecule has 2 aliphatic rings. The van der Waals surface area contributed by atoms with Crippen LogP contribution in [0.4, 0.5) is 4.79 Å². The van der Waals surface area contributed by atoms with Gasteiger partial charge >= 0.3 is 6.03 Å². The fourth-order valence-electron chi connectivity index (χ4n) is 4.80. The zero-order valence-electron chi connectivity index (χ0n) is 18.8. The molecule has 3 rings (SSSR count). The lowest BCUT2D eigenvalue weighted by Crippen LogP contribution is -2.54. The molecule has 2 heterocycles. The maximum absolute atomic E-state index is 12.8. The number of piperidine rings is 1. The van der Waals surface area contributed by atoms with E-state index in [1.807, 2.05) is 28.0 Å². The highest BCUT2D eigenvalue weighted by Crippen LogP contribution is 2.21. The molecule has 1 aromatic carbocycles. The number of hydrogen-bond donors (Lipinski definition) is 1. The normalized spacial score (nSPS) is 23.8. The Balaban J connectivity index is 1.46. The van der Waals surface area contributed by atoms with E-state index >= 15 is 0 Å². The molecule has 3 unspecified atom stereocenters. The third-order valence-electron chi connectivity index (χ3n) is 6.32. The summed E-state index contributed by atoms with van der Waals surface area (Å²) < 4.78 is 0. The molecule has 2 saturated heterocycles. The Hall–Kier alpha value is -2.08. The number of rotatable bonds is 6. The van der Waals surface area contributed by atoms with Gasteiger partial charge in [0.05, 0.1) is 12.6 Å². The summed E-state index contributed by atoms with van der Waals surface area (Å²) in [5.74, 6) is 1.40. The molecule has 6 heteroatoms. The lowest BCUT2D eigenvalue weighted by molar-refractivity contribution is -0.135. The zero-order valence-corrected chi connectivity index (χ0v) is 18.8. The van der Waals surface area contributed by atoms with Gasteiger partial charge in [-0.1, -0.05) is 57.5 Å². The monoisotopic (exact) mass is 414 g/mol. The Kier molecular flexibility index (Phi) is 8.14. The number of amides is 3. The van der Waals surface area contributed by atoms with Gasteiger partial charge in [-0.3, -0.25) is 9.69 Å². The number of carbonyl (C=O) groups is 2. The van der Waals surface area contributed by atoms with Crippen LogP contribution in [-0.2, 0) is 4.79 Å². The van der Waals surface area contributed by atoms with Crippen LogP contribution < -0.4 is 5.32 Å². The molecular formula is C24H38N4O2. The molecule has 3 atom stereocenters. The van der Waals surface area contributed by atoms with Crippen LogP contribution >= 0.6 is 0 Å². The van der Waals surface area contributed by atoms with E-state index in [1.165, 1.54) is 6.42 Å². The van der Waals surface area contributed by atoms with Crippen molar-refractivity contribution in [3.63, 3.8) is 0 Å². The number of benzene rings is 1. The fraction of sp³-hybridized carbons (Fsp3) is 0.667. The van der Waals surface area contributed by atoms with Crippen molar-refractivity contribution in [3.05, 3.63) is 35.9 Å². The molecule has 0 saturated carbocycles. The first-order valence-corrected chi connectivity index (χ1v) is 11.6. The first-order valence-electron chi connectivity index (χ1n) is 11.6. The van der Waals surface area contributed by atoms with Gasteiger partial charge in [-0.2, -0.15) is 0 Å². The largest absolute Gasteiger partial charge is 0.341 e. The minimum absolute atomic E-state index is 0.00181. The van der Waals surface area contributed by atoms with Crippen LogP contribution in [0.3, 0.4) is 0 Å². The summed E-state index contributed by atoms with van der Waals surface area (Å²) in [5.41, 5.74) is 1.15. The van der Waals surface area contributed by atoms with Crippen molar-refractivity contribution in [2.24, 2.45) is 11.8 Å². The van der Waals surface area contributed by atoms with Crippen LogP contribution in [0.15, 0.2) is 30.3 Å². The number of piperazine rings is 1. The average molecular weight is 415 g/mol. The van der Waals surface area contributed by atoms with Gasteiger partial charge in [0.25, 0.3) is 0 Å². The summed E-state index contributed by atoms with van der Waals surface area (Å²) in [4.78, 5) is 31.7. The molecule has 1 aromatic rings. The van der Waals surface area contributed by atoms with Crippen LogP contribution in [-0.4, -0.2) is 72.5 Å². The molecule has 2 fully saturated rings. The lowest BCUT2D eigenvalue weighted by Gasteiger charge is -2.38. The SMILES string of the molecule is CCCC(NC(=O)N1CCN(CC(=O)N2CC(C)CC(C)C2)CC1)c1ccccc1. The van der Waals surface area contributed by atoms with Gasteiger partial charge in [-0.15, -0.1) is 0 Å². The zero-order chi connectivity index (χ0) is 21.5. The summed E-state index contributed by atoms with van der Waals surface area (Å²) in [5, 5.41) is 3.21. The van der Waals surface area contributed by atoms with Crippen LogP contribution in [0.25, 0.3) is 0 Å². The van der Waals surface area contributed by atoms with E-state index in [-0.39, 0.29) is 18.0 Å². The van der Waals surface area contributed by atoms with Crippen molar-refractivity contribution in [3.8, 4) is 0 Å². The van der Waals surface area contributed by atoms with Gasteiger partial charge in [0, 0.05) is 39.3 Å². The second kappa shape index (κ2) is 10.8. The third kappa shape index (κ3) is 6.21. The second-order valence-corrected chi connectivity index (χ2v) is 9.21. The van der Waals surface area contributed by atoms with E-state index in [1.54, 1.807) is 0 Å². The number of urea groups is 1. The molecule has 30 heavy (non-hydrogen) atoms. The third-order valence-corrected chi connectivity index (χ3v) is 6.32. The van der Waals surface area contributed by atoms with Gasteiger partial charge in [0.1, 0.15) is 0 Å². The highest BCUT2D eigenvalue weighted by molar-refractivity contribution is 5.78. The fourth-order valence-corrected chi connectivity index (χ4v) is 4.80. The molecule has 2 aliphatic heterocycles. The summed E-state index contributed by atoms with van der Waals surface area (Å²) in [7, 11) is 0. The second-order valence-electron chi connectivity index (χ2n) is 9.21. The Morgan fingerprint density at radius 3 is 2.23 bits per heavy atom. The van der Waals surface area contributed by atoms with Gasteiger partial charge in [0.15, 0.2) is 0 Å². The molecule has 0 aromatic heterocycles. The smallest absolute Gasteiger partial charge is 0.317 e. The van der Waals surface area contributed by atoms with Crippen molar-refractivity contribution in [1.82, 2.24) is 20.0 Å². The molecule has 6 nitrogen and oxygen atoms in total. The van der Waals surface area contributed by atoms with E-state index < -0.39 is 0 Å². The molecule has 0 radical (unpaired) electrons. The quantitative estimate of drug-likeness (QED) is 0.777. The summed E-state index contributed by atoms with van der Waals surface area (Å²) in [6, 6.07) is 10.2. The van der Waals surface area contributed by atoms with Crippen molar-refractivity contribution in [1.29, 1.82) is 0 Å². The first-order chi connectivity index (χ1) is 14.5. The Labute approximate surface area is 181 Å². The topological polar surface area (TPSA) is 55.9 Å². The molecule has 1 N–H and O–H groups in total. The minimum atomic E-state index is 0.00181.